The second-order valence-corrected chi connectivity index (χ2v) is 6.62. The molecule has 2 N–H and O–H groups in total. The Hall–Kier alpha value is 0.676. The van der Waals surface area contributed by atoms with Crippen LogP contribution in [0.15, 0.2) is 0 Å². The van der Waals surface area contributed by atoms with Crippen LogP contribution in [0, 0.1) is 0 Å². The van der Waals surface area contributed by atoms with Crippen molar-refractivity contribution in [1.29, 1.82) is 0 Å². The summed E-state index contributed by atoms with van der Waals surface area (Å²) >= 11 is 1.12. The van der Waals surface area contributed by atoms with Crippen molar-refractivity contribution in [3.05, 3.63) is 0 Å². The zero-order valence-electron chi connectivity index (χ0n) is 14.8. The molecular weight excluding hydrogens is 331 g/mol. The van der Waals surface area contributed by atoms with E-state index in [0.717, 1.165) is 30.6 Å². The zero-order valence-corrected chi connectivity index (χ0v) is 17.8. The van der Waals surface area contributed by atoms with E-state index in [1.165, 1.54) is 0 Å². The van der Waals surface area contributed by atoms with E-state index in [0.29, 0.717) is 25.6 Å². The first-order valence-electron chi connectivity index (χ1n) is 7.17. The number of aliphatic hydroxyl groups is 1. The third-order valence-corrected chi connectivity index (χ3v) is 3.54. The molecule has 9 heteroatoms. The summed E-state index contributed by atoms with van der Waals surface area (Å²) in [5.41, 5.74) is -0.0257. The molecule has 1 aromatic rings. The monoisotopic (exact) mass is 356 g/mol. The molecule has 1 fully saturated rings. The van der Waals surface area contributed by atoms with Crippen LogP contribution in [0.3, 0.4) is 0 Å². The molecule has 22 heavy (non-hydrogen) atoms. The Morgan fingerprint density at radius 3 is 2.73 bits per heavy atom. The smallest absolute Gasteiger partial charge is 1.00 e. The molecule has 0 aromatic carbocycles. The topological polar surface area (TPSA) is 79.7 Å². The average Bonchev–Trinajstić information content (AvgIpc) is 2.91. The number of aromatic nitrogens is 2. The van der Waals surface area contributed by atoms with Crippen LogP contribution in [0.25, 0.3) is 0 Å². The molecule has 0 unspecified atom stereocenters. The molecule has 0 bridgehead atoms. The van der Waals surface area contributed by atoms with E-state index < -0.39 is 6.10 Å². The van der Waals surface area contributed by atoms with Crippen molar-refractivity contribution in [2.75, 3.05) is 44.4 Å². The number of ether oxygens (including phenoxy) is 2. The Morgan fingerprint density at radius 2 is 2.09 bits per heavy atom. The van der Waals surface area contributed by atoms with Crippen LogP contribution in [0.2, 0.25) is 0 Å². The largest absolute Gasteiger partial charge is 1.00 e. The van der Waals surface area contributed by atoms with Crippen molar-refractivity contribution in [3.8, 4) is 5.88 Å². The molecule has 1 aliphatic heterocycles. The van der Waals surface area contributed by atoms with Gasteiger partial charge in [-0.05, 0) is 20.8 Å². The first kappa shape index (κ1) is 20.7. The number of rotatable bonds is 6. The van der Waals surface area contributed by atoms with E-state index in [9.17, 15) is 5.11 Å². The number of nitrogens with zero attached hydrogens (tertiary/aromatic N) is 3. The summed E-state index contributed by atoms with van der Waals surface area (Å²) in [6, 6.07) is 0. The van der Waals surface area contributed by atoms with Gasteiger partial charge in [0, 0.05) is 25.2 Å². The number of morpholine rings is 1. The van der Waals surface area contributed by atoms with E-state index >= 15 is 0 Å². The minimum atomic E-state index is -0.580. The third-order valence-electron chi connectivity index (χ3n) is 3.03. The molecule has 1 aromatic heterocycles. The van der Waals surface area contributed by atoms with Gasteiger partial charge in [-0.25, -0.2) is 0 Å². The van der Waals surface area contributed by atoms with E-state index in [2.05, 4.69) is 39.7 Å². The van der Waals surface area contributed by atoms with Crippen LogP contribution in [-0.2, 0) is 4.74 Å². The van der Waals surface area contributed by atoms with Crippen LogP contribution in [0.4, 0.5) is 5.82 Å². The standard InChI is InChI=1S/C13H24N4O3S.K.H/c1-13(2,3)14-8-10(18)9-20-12-11(15-21-16-12)17-4-6-19-7-5-17;;/h10,14,18H,4-9H2,1-3H3;;/q;+1;-1/t10-;;/m0../s1. The number of nitrogens with one attached hydrogen (secondary N) is 1. The summed E-state index contributed by atoms with van der Waals surface area (Å²) in [5, 5.41) is 13.2. The molecule has 0 radical (unpaired) electrons. The van der Waals surface area contributed by atoms with Crippen LogP contribution < -0.4 is 66.3 Å². The molecule has 0 aliphatic carbocycles. The van der Waals surface area contributed by atoms with Crippen molar-refractivity contribution in [3.63, 3.8) is 0 Å². The predicted molar refractivity (Wildman–Crippen MR) is 83.3 cm³/mol. The summed E-state index contributed by atoms with van der Waals surface area (Å²) in [7, 11) is 0. The number of hydrogen-bond donors (Lipinski definition) is 2. The van der Waals surface area contributed by atoms with Gasteiger partial charge in [-0.2, -0.15) is 4.37 Å². The molecule has 122 valence electrons. The molecule has 2 rings (SSSR count). The van der Waals surface area contributed by atoms with Gasteiger partial charge in [0.15, 0.2) is 0 Å². The van der Waals surface area contributed by atoms with Crippen LogP contribution in [-0.4, -0.2) is 65.0 Å². The van der Waals surface area contributed by atoms with Crippen LogP contribution >= 0.6 is 11.7 Å². The van der Waals surface area contributed by atoms with E-state index in [4.69, 9.17) is 9.47 Å². The number of β-amino-alcohol motifs (C(OH)–C–C–N with tert-alkyl or cyclic N) is 1. The normalized spacial score (nSPS) is 17.0. The molecule has 7 nitrogen and oxygen atoms in total. The first-order chi connectivity index (χ1) is 9.96. The SMILES string of the molecule is CC(C)(C)NC[C@H](O)COc1nsnc1N1CCOCC1.[H-].[K+]. The van der Waals surface area contributed by atoms with Gasteiger partial charge in [-0.1, -0.05) is 0 Å². The Balaban J connectivity index is 0.00000242. The number of hydrogen-bond acceptors (Lipinski definition) is 8. The van der Waals surface area contributed by atoms with Crippen molar-refractivity contribution >= 4 is 17.5 Å². The Kier molecular flexibility index (Phi) is 9.27. The zero-order chi connectivity index (χ0) is 15.3. The Labute approximate surface area is 180 Å². The molecule has 0 spiro atoms. The van der Waals surface area contributed by atoms with Gasteiger partial charge in [-0.15, -0.1) is 4.37 Å². The fourth-order valence-electron chi connectivity index (χ4n) is 1.89. The number of anilines is 1. The van der Waals surface area contributed by atoms with Crippen molar-refractivity contribution < 1.29 is 67.4 Å². The van der Waals surface area contributed by atoms with Gasteiger partial charge in [0.25, 0.3) is 5.88 Å². The Bertz CT molecular complexity index is 441. The molecule has 2 heterocycles. The maximum absolute atomic E-state index is 9.95. The fourth-order valence-corrected chi connectivity index (χ4v) is 2.41. The molecular formula is C13H25KN4O3S. The summed E-state index contributed by atoms with van der Waals surface area (Å²) in [4.78, 5) is 2.10. The van der Waals surface area contributed by atoms with Crippen LogP contribution in [0.1, 0.15) is 22.2 Å². The predicted octanol–water partition coefficient (Wildman–Crippen LogP) is -2.38. The van der Waals surface area contributed by atoms with Gasteiger partial charge in [0.05, 0.1) is 24.9 Å². The average molecular weight is 357 g/mol. The van der Waals surface area contributed by atoms with Gasteiger partial charge >= 0.3 is 51.4 Å². The minimum Gasteiger partial charge on any atom is -1.00 e. The second kappa shape index (κ2) is 9.85. The van der Waals surface area contributed by atoms with E-state index in [1.54, 1.807) is 0 Å². The molecule has 0 amide bonds. The summed E-state index contributed by atoms with van der Waals surface area (Å²) in [6.07, 6.45) is -0.580. The van der Waals surface area contributed by atoms with Gasteiger partial charge in [0.1, 0.15) is 12.7 Å². The fraction of sp³-hybridized carbons (Fsp3) is 0.846. The summed E-state index contributed by atoms with van der Waals surface area (Å²) in [5.74, 6) is 1.25. The minimum absolute atomic E-state index is 0. The summed E-state index contributed by atoms with van der Waals surface area (Å²) in [6.45, 7) is 9.81. The number of aliphatic hydroxyl groups excluding tert-OH is 1. The van der Waals surface area contributed by atoms with E-state index in [-0.39, 0.29) is 65.0 Å². The van der Waals surface area contributed by atoms with Gasteiger partial charge in [-0.3, -0.25) is 0 Å². The maximum Gasteiger partial charge on any atom is 1.00 e. The van der Waals surface area contributed by atoms with E-state index in [1.807, 2.05) is 0 Å². The molecule has 1 atom stereocenters. The Morgan fingerprint density at radius 1 is 1.41 bits per heavy atom. The quantitative estimate of drug-likeness (QED) is 0.551. The van der Waals surface area contributed by atoms with Gasteiger partial charge < -0.3 is 26.2 Å². The van der Waals surface area contributed by atoms with Crippen molar-refractivity contribution in [1.82, 2.24) is 14.1 Å². The van der Waals surface area contributed by atoms with Crippen molar-refractivity contribution in [2.24, 2.45) is 0 Å². The summed E-state index contributed by atoms with van der Waals surface area (Å²) < 4.78 is 19.4. The third kappa shape index (κ3) is 7.06. The van der Waals surface area contributed by atoms with Gasteiger partial charge in [0.2, 0.25) is 5.82 Å². The first-order valence-corrected chi connectivity index (χ1v) is 7.90. The molecule has 1 aliphatic rings. The van der Waals surface area contributed by atoms with Crippen LogP contribution in [0.5, 0.6) is 5.88 Å². The molecule has 0 saturated carbocycles. The second-order valence-electron chi connectivity index (χ2n) is 6.09. The molecule has 1 saturated heterocycles. The maximum atomic E-state index is 9.95. The van der Waals surface area contributed by atoms with Crippen molar-refractivity contribution in [2.45, 2.75) is 32.4 Å².